The number of nitrogens with zero attached hydrogens (tertiary/aromatic N) is 1. The predicted molar refractivity (Wildman–Crippen MR) is 60.0 cm³/mol. The maximum absolute atomic E-state index is 12.3. The normalized spacial score (nSPS) is 11.3. The van der Waals surface area contributed by atoms with E-state index in [0.29, 0.717) is 5.75 Å². The summed E-state index contributed by atoms with van der Waals surface area (Å²) in [5, 5.41) is 0. The molecule has 1 heterocycles. The second kappa shape index (κ2) is 5.08. The minimum absolute atomic E-state index is 0.228. The molecule has 0 bridgehead atoms. The van der Waals surface area contributed by atoms with Crippen LogP contribution in [0.3, 0.4) is 0 Å². The SMILES string of the molecule is FC(F)(F)c1ccc(OCc2ccccn2)cc1. The Labute approximate surface area is 102 Å². The van der Waals surface area contributed by atoms with Gasteiger partial charge in [-0.3, -0.25) is 4.98 Å². The Balaban J connectivity index is 1.99. The average Bonchev–Trinajstić information content (AvgIpc) is 2.37. The summed E-state index contributed by atoms with van der Waals surface area (Å²) in [5.74, 6) is 0.383. The standard InChI is InChI=1S/C13H10F3NO/c14-13(15,16)10-4-6-12(7-5-10)18-9-11-3-1-2-8-17-11/h1-8H,9H2. The van der Waals surface area contributed by atoms with Gasteiger partial charge in [0.25, 0.3) is 0 Å². The lowest BCUT2D eigenvalue weighted by atomic mass is 10.2. The highest BCUT2D eigenvalue weighted by molar-refractivity contribution is 5.29. The molecule has 1 aromatic heterocycles. The molecule has 0 N–H and O–H groups in total. The van der Waals surface area contributed by atoms with Gasteiger partial charge in [-0.15, -0.1) is 0 Å². The number of alkyl halides is 3. The number of ether oxygens (including phenoxy) is 1. The molecule has 2 rings (SSSR count). The summed E-state index contributed by atoms with van der Waals surface area (Å²) in [4.78, 5) is 4.05. The van der Waals surface area contributed by atoms with E-state index in [1.54, 1.807) is 18.3 Å². The highest BCUT2D eigenvalue weighted by Crippen LogP contribution is 2.30. The Bertz CT molecular complexity index is 494. The van der Waals surface area contributed by atoms with E-state index in [1.165, 1.54) is 12.1 Å². The summed E-state index contributed by atoms with van der Waals surface area (Å²) in [6, 6.07) is 9.96. The minimum Gasteiger partial charge on any atom is -0.487 e. The molecule has 2 aromatic rings. The third kappa shape index (κ3) is 3.23. The number of hydrogen-bond acceptors (Lipinski definition) is 2. The van der Waals surface area contributed by atoms with Crippen molar-refractivity contribution in [2.24, 2.45) is 0 Å². The molecule has 0 saturated carbocycles. The van der Waals surface area contributed by atoms with Crippen LogP contribution in [0.15, 0.2) is 48.7 Å². The quantitative estimate of drug-likeness (QED) is 0.832. The van der Waals surface area contributed by atoms with Gasteiger partial charge in [-0.25, -0.2) is 0 Å². The van der Waals surface area contributed by atoms with Crippen molar-refractivity contribution in [3.63, 3.8) is 0 Å². The van der Waals surface area contributed by atoms with Gasteiger partial charge in [0.15, 0.2) is 0 Å². The topological polar surface area (TPSA) is 22.1 Å². The van der Waals surface area contributed by atoms with Gasteiger partial charge in [-0.1, -0.05) is 6.07 Å². The molecule has 18 heavy (non-hydrogen) atoms. The number of aromatic nitrogens is 1. The van der Waals surface area contributed by atoms with E-state index in [2.05, 4.69) is 4.98 Å². The van der Waals surface area contributed by atoms with E-state index < -0.39 is 11.7 Å². The second-order valence-corrected chi connectivity index (χ2v) is 3.63. The molecule has 0 amide bonds. The van der Waals surface area contributed by atoms with Gasteiger partial charge in [-0.05, 0) is 36.4 Å². The highest BCUT2D eigenvalue weighted by Gasteiger charge is 2.29. The fraction of sp³-hybridized carbons (Fsp3) is 0.154. The largest absolute Gasteiger partial charge is 0.487 e. The van der Waals surface area contributed by atoms with Crippen LogP contribution in [0, 0.1) is 0 Å². The van der Waals surface area contributed by atoms with Crippen molar-refractivity contribution < 1.29 is 17.9 Å². The van der Waals surface area contributed by atoms with Gasteiger partial charge < -0.3 is 4.74 Å². The van der Waals surface area contributed by atoms with Gasteiger partial charge in [0.2, 0.25) is 0 Å². The van der Waals surface area contributed by atoms with Crippen LogP contribution < -0.4 is 4.74 Å². The van der Waals surface area contributed by atoms with E-state index in [0.717, 1.165) is 17.8 Å². The number of benzene rings is 1. The molecule has 0 atom stereocenters. The van der Waals surface area contributed by atoms with Crippen LogP contribution in [0.2, 0.25) is 0 Å². The molecular weight excluding hydrogens is 243 g/mol. The van der Waals surface area contributed by atoms with Gasteiger partial charge in [0, 0.05) is 6.20 Å². The van der Waals surface area contributed by atoms with Crippen LogP contribution in [-0.4, -0.2) is 4.98 Å². The molecule has 0 aliphatic carbocycles. The van der Waals surface area contributed by atoms with Gasteiger partial charge in [-0.2, -0.15) is 13.2 Å². The predicted octanol–water partition coefficient (Wildman–Crippen LogP) is 3.68. The fourth-order valence-electron chi connectivity index (χ4n) is 1.38. The molecule has 94 valence electrons. The average molecular weight is 253 g/mol. The zero-order valence-corrected chi connectivity index (χ0v) is 9.32. The number of halogens is 3. The van der Waals surface area contributed by atoms with Crippen LogP contribution in [0.25, 0.3) is 0 Å². The first kappa shape index (κ1) is 12.4. The first-order valence-electron chi connectivity index (χ1n) is 5.26. The monoisotopic (exact) mass is 253 g/mol. The lowest BCUT2D eigenvalue weighted by Crippen LogP contribution is -2.04. The summed E-state index contributed by atoms with van der Waals surface area (Å²) < 4.78 is 42.3. The van der Waals surface area contributed by atoms with Crippen molar-refractivity contribution in [1.82, 2.24) is 4.98 Å². The van der Waals surface area contributed by atoms with Crippen molar-refractivity contribution >= 4 is 0 Å². The van der Waals surface area contributed by atoms with E-state index >= 15 is 0 Å². The fourth-order valence-corrected chi connectivity index (χ4v) is 1.38. The lowest BCUT2D eigenvalue weighted by molar-refractivity contribution is -0.137. The zero-order valence-electron chi connectivity index (χ0n) is 9.32. The summed E-state index contributed by atoms with van der Waals surface area (Å²) in [7, 11) is 0. The van der Waals surface area contributed by atoms with E-state index in [4.69, 9.17) is 4.74 Å². The van der Waals surface area contributed by atoms with Crippen molar-refractivity contribution in [3.8, 4) is 5.75 Å². The van der Waals surface area contributed by atoms with Gasteiger partial charge in [0.1, 0.15) is 12.4 Å². The van der Waals surface area contributed by atoms with Crippen molar-refractivity contribution in [3.05, 3.63) is 59.9 Å². The second-order valence-electron chi connectivity index (χ2n) is 3.63. The maximum atomic E-state index is 12.3. The van der Waals surface area contributed by atoms with Gasteiger partial charge in [0.05, 0.1) is 11.3 Å². The maximum Gasteiger partial charge on any atom is 0.416 e. The zero-order chi connectivity index (χ0) is 13.0. The van der Waals surface area contributed by atoms with Crippen molar-refractivity contribution in [1.29, 1.82) is 0 Å². The molecule has 0 spiro atoms. The Kier molecular flexibility index (Phi) is 3.50. The molecule has 1 aromatic carbocycles. The third-order valence-electron chi connectivity index (χ3n) is 2.29. The van der Waals surface area contributed by atoms with Crippen LogP contribution >= 0.6 is 0 Å². The molecule has 5 heteroatoms. The number of hydrogen-bond donors (Lipinski definition) is 0. The molecule has 0 fully saturated rings. The number of rotatable bonds is 3. The summed E-state index contributed by atoms with van der Waals surface area (Å²) in [6.45, 7) is 0.228. The molecule has 0 saturated heterocycles. The van der Waals surface area contributed by atoms with Crippen LogP contribution in [-0.2, 0) is 12.8 Å². The Hall–Kier alpha value is -2.04. The molecule has 2 nitrogen and oxygen atoms in total. The molecule has 0 aliphatic heterocycles. The first-order valence-corrected chi connectivity index (χ1v) is 5.26. The Morgan fingerprint density at radius 3 is 2.28 bits per heavy atom. The molecular formula is C13H10F3NO. The Morgan fingerprint density at radius 1 is 1.00 bits per heavy atom. The van der Waals surface area contributed by atoms with Crippen molar-refractivity contribution in [2.75, 3.05) is 0 Å². The molecule has 0 aliphatic rings. The first-order chi connectivity index (χ1) is 8.55. The lowest BCUT2D eigenvalue weighted by Gasteiger charge is -2.08. The minimum atomic E-state index is -4.32. The number of pyridine rings is 1. The molecule has 0 radical (unpaired) electrons. The smallest absolute Gasteiger partial charge is 0.416 e. The summed E-state index contributed by atoms with van der Waals surface area (Å²) in [5.41, 5.74) is 0.0325. The Morgan fingerprint density at radius 2 is 1.72 bits per heavy atom. The van der Waals surface area contributed by atoms with E-state index in [1.807, 2.05) is 6.07 Å². The summed E-state index contributed by atoms with van der Waals surface area (Å²) >= 11 is 0. The molecule has 0 unspecified atom stereocenters. The third-order valence-corrected chi connectivity index (χ3v) is 2.29. The van der Waals surface area contributed by atoms with E-state index in [-0.39, 0.29) is 6.61 Å². The van der Waals surface area contributed by atoms with Crippen LogP contribution in [0.5, 0.6) is 5.75 Å². The summed E-state index contributed by atoms with van der Waals surface area (Å²) in [6.07, 6.45) is -2.69. The van der Waals surface area contributed by atoms with Crippen molar-refractivity contribution in [2.45, 2.75) is 12.8 Å². The highest BCUT2D eigenvalue weighted by atomic mass is 19.4. The van der Waals surface area contributed by atoms with Crippen LogP contribution in [0.4, 0.5) is 13.2 Å². The van der Waals surface area contributed by atoms with E-state index in [9.17, 15) is 13.2 Å². The van der Waals surface area contributed by atoms with Gasteiger partial charge >= 0.3 is 6.18 Å². The van der Waals surface area contributed by atoms with Crippen LogP contribution in [0.1, 0.15) is 11.3 Å².